The number of anilines is 1. The highest BCUT2D eigenvalue weighted by Gasteiger charge is 2.13. The fourth-order valence-electron chi connectivity index (χ4n) is 2.71. The molecule has 3 aromatic heterocycles. The second-order valence-electron chi connectivity index (χ2n) is 5.61. The SMILES string of the molecule is CN(Cc1ccncc1)c1nc(-c2ccsc2)nc2ccccc12. The van der Waals surface area contributed by atoms with Gasteiger partial charge in [-0.05, 0) is 41.3 Å². The van der Waals surface area contributed by atoms with E-state index in [0.29, 0.717) is 0 Å². The molecule has 0 saturated heterocycles. The number of rotatable bonds is 4. The van der Waals surface area contributed by atoms with Gasteiger partial charge in [0.1, 0.15) is 5.82 Å². The van der Waals surface area contributed by atoms with Crippen molar-refractivity contribution in [3.05, 3.63) is 71.2 Å². The van der Waals surface area contributed by atoms with E-state index in [0.717, 1.165) is 34.7 Å². The molecule has 24 heavy (non-hydrogen) atoms. The molecule has 3 heterocycles. The van der Waals surface area contributed by atoms with Crippen LogP contribution in [0.25, 0.3) is 22.3 Å². The van der Waals surface area contributed by atoms with E-state index in [1.54, 1.807) is 11.3 Å². The van der Waals surface area contributed by atoms with Gasteiger partial charge in [0, 0.05) is 42.3 Å². The van der Waals surface area contributed by atoms with Crippen LogP contribution >= 0.6 is 11.3 Å². The smallest absolute Gasteiger partial charge is 0.162 e. The predicted molar refractivity (Wildman–Crippen MR) is 99.2 cm³/mol. The predicted octanol–water partition coefficient (Wildman–Crippen LogP) is 4.39. The summed E-state index contributed by atoms with van der Waals surface area (Å²) in [5, 5.41) is 5.19. The summed E-state index contributed by atoms with van der Waals surface area (Å²) in [4.78, 5) is 15.8. The number of benzene rings is 1. The summed E-state index contributed by atoms with van der Waals surface area (Å²) in [7, 11) is 2.06. The minimum Gasteiger partial charge on any atom is -0.355 e. The van der Waals surface area contributed by atoms with Crippen molar-refractivity contribution in [3.63, 3.8) is 0 Å². The molecular formula is C19H16N4S. The fourth-order valence-corrected chi connectivity index (χ4v) is 3.34. The van der Waals surface area contributed by atoms with Crippen LogP contribution in [0.4, 0.5) is 5.82 Å². The standard InChI is InChI=1S/C19H16N4S/c1-23(12-14-6-9-20-10-7-14)19-16-4-2-3-5-17(16)21-18(22-19)15-8-11-24-13-15/h2-11,13H,12H2,1H3. The van der Waals surface area contributed by atoms with E-state index in [9.17, 15) is 0 Å². The number of fused-ring (bicyclic) bond motifs is 1. The normalized spacial score (nSPS) is 10.9. The minimum absolute atomic E-state index is 0.770. The molecule has 4 nitrogen and oxygen atoms in total. The molecule has 4 rings (SSSR count). The summed E-state index contributed by atoms with van der Waals surface area (Å²) in [6.07, 6.45) is 3.64. The molecule has 0 amide bonds. The summed E-state index contributed by atoms with van der Waals surface area (Å²) >= 11 is 1.66. The Morgan fingerprint density at radius 2 is 1.83 bits per heavy atom. The van der Waals surface area contributed by atoms with Gasteiger partial charge in [-0.2, -0.15) is 11.3 Å². The maximum absolute atomic E-state index is 4.85. The lowest BCUT2D eigenvalue weighted by atomic mass is 10.2. The van der Waals surface area contributed by atoms with Gasteiger partial charge in [-0.1, -0.05) is 12.1 Å². The van der Waals surface area contributed by atoms with Crippen molar-refractivity contribution in [2.75, 3.05) is 11.9 Å². The van der Waals surface area contributed by atoms with Crippen LogP contribution < -0.4 is 4.90 Å². The molecule has 0 fully saturated rings. The van der Waals surface area contributed by atoms with Crippen molar-refractivity contribution in [1.29, 1.82) is 0 Å². The highest BCUT2D eigenvalue weighted by atomic mass is 32.1. The number of hydrogen-bond donors (Lipinski definition) is 0. The third-order valence-corrected chi connectivity index (χ3v) is 4.58. The van der Waals surface area contributed by atoms with Gasteiger partial charge >= 0.3 is 0 Å². The zero-order chi connectivity index (χ0) is 16.4. The Morgan fingerprint density at radius 3 is 2.62 bits per heavy atom. The maximum atomic E-state index is 4.85. The van der Waals surface area contributed by atoms with E-state index in [1.807, 2.05) is 48.1 Å². The zero-order valence-electron chi connectivity index (χ0n) is 13.3. The molecule has 0 N–H and O–H groups in total. The van der Waals surface area contributed by atoms with Gasteiger partial charge in [0.05, 0.1) is 5.52 Å². The molecule has 118 valence electrons. The molecular weight excluding hydrogens is 316 g/mol. The van der Waals surface area contributed by atoms with Crippen molar-refractivity contribution in [1.82, 2.24) is 15.0 Å². The molecule has 0 aliphatic rings. The number of nitrogens with zero attached hydrogens (tertiary/aromatic N) is 4. The van der Waals surface area contributed by atoms with Crippen LogP contribution in [0.3, 0.4) is 0 Å². The van der Waals surface area contributed by atoms with E-state index >= 15 is 0 Å². The molecule has 1 aromatic carbocycles. The molecule has 0 saturated carbocycles. The zero-order valence-corrected chi connectivity index (χ0v) is 14.1. The molecule has 0 radical (unpaired) electrons. The van der Waals surface area contributed by atoms with Crippen molar-refractivity contribution in [2.45, 2.75) is 6.54 Å². The summed E-state index contributed by atoms with van der Waals surface area (Å²) in [5.41, 5.74) is 3.22. The van der Waals surface area contributed by atoms with Crippen LogP contribution in [0.15, 0.2) is 65.6 Å². The lowest BCUT2D eigenvalue weighted by Crippen LogP contribution is -2.18. The van der Waals surface area contributed by atoms with Crippen molar-refractivity contribution >= 4 is 28.1 Å². The number of thiophene rings is 1. The van der Waals surface area contributed by atoms with Crippen molar-refractivity contribution in [2.24, 2.45) is 0 Å². The van der Waals surface area contributed by atoms with Gasteiger partial charge in [0.2, 0.25) is 0 Å². The summed E-state index contributed by atoms with van der Waals surface area (Å²) in [6.45, 7) is 0.770. The third kappa shape index (κ3) is 2.86. The van der Waals surface area contributed by atoms with Gasteiger partial charge in [-0.15, -0.1) is 0 Å². The average Bonchev–Trinajstić information content (AvgIpc) is 3.16. The van der Waals surface area contributed by atoms with Gasteiger partial charge in [-0.25, -0.2) is 9.97 Å². The van der Waals surface area contributed by atoms with Gasteiger partial charge < -0.3 is 4.90 Å². The van der Waals surface area contributed by atoms with E-state index in [1.165, 1.54) is 5.56 Å². The molecule has 0 aliphatic carbocycles. The molecule has 0 atom stereocenters. The molecule has 0 spiro atoms. The number of hydrogen-bond acceptors (Lipinski definition) is 5. The molecule has 5 heteroatoms. The fraction of sp³-hybridized carbons (Fsp3) is 0.105. The van der Waals surface area contributed by atoms with E-state index in [4.69, 9.17) is 9.97 Å². The van der Waals surface area contributed by atoms with Gasteiger partial charge in [0.25, 0.3) is 0 Å². The van der Waals surface area contributed by atoms with Crippen LogP contribution in [-0.2, 0) is 6.54 Å². The maximum Gasteiger partial charge on any atom is 0.162 e. The Labute approximate surface area is 144 Å². The topological polar surface area (TPSA) is 41.9 Å². The Hall–Kier alpha value is -2.79. The minimum atomic E-state index is 0.770. The second kappa shape index (κ2) is 6.37. The number of aromatic nitrogens is 3. The van der Waals surface area contributed by atoms with E-state index < -0.39 is 0 Å². The largest absolute Gasteiger partial charge is 0.355 e. The first-order chi connectivity index (χ1) is 11.8. The average molecular weight is 332 g/mol. The second-order valence-corrected chi connectivity index (χ2v) is 6.39. The summed E-state index contributed by atoms with van der Waals surface area (Å²) in [5.74, 6) is 1.71. The summed E-state index contributed by atoms with van der Waals surface area (Å²) in [6, 6.07) is 14.3. The molecule has 4 aromatic rings. The highest BCUT2D eigenvalue weighted by Crippen LogP contribution is 2.28. The number of para-hydroxylation sites is 1. The quantitative estimate of drug-likeness (QED) is 0.556. The first-order valence-corrected chi connectivity index (χ1v) is 8.65. The lowest BCUT2D eigenvalue weighted by molar-refractivity contribution is 0.899. The Balaban J connectivity index is 1.80. The van der Waals surface area contributed by atoms with E-state index in [2.05, 4.69) is 34.4 Å². The van der Waals surface area contributed by atoms with Gasteiger partial charge in [0.15, 0.2) is 5.82 Å². The monoisotopic (exact) mass is 332 g/mol. The Morgan fingerprint density at radius 1 is 1.00 bits per heavy atom. The van der Waals surface area contributed by atoms with Crippen LogP contribution in [-0.4, -0.2) is 22.0 Å². The molecule has 0 bridgehead atoms. The van der Waals surface area contributed by atoms with Crippen LogP contribution in [0.1, 0.15) is 5.56 Å². The highest BCUT2D eigenvalue weighted by molar-refractivity contribution is 7.08. The first kappa shape index (κ1) is 14.8. The Bertz CT molecular complexity index is 952. The summed E-state index contributed by atoms with van der Waals surface area (Å²) < 4.78 is 0. The third-order valence-electron chi connectivity index (χ3n) is 3.89. The molecule has 0 aliphatic heterocycles. The number of pyridine rings is 1. The van der Waals surface area contributed by atoms with E-state index in [-0.39, 0.29) is 0 Å². The molecule has 0 unspecified atom stereocenters. The van der Waals surface area contributed by atoms with Crippen LogP contribution in [0, 0.1) is 0 Å². The van der Waals surface area contributed by atoms with Crippen LogP contribution in [0.5, 0.6) is 0 Å². The Kier molecular flexibility index (Phi) is 3.92. The van der Waals surface area contributed by atoms with Crippen LogP contribution in [0.2, 0.25) is 0 Å². The lowest BCUT2D eigenvalue weighted by Gasteiger charge is -2.20. The van der Waals surface area contributed by atoms with Crippen molar-refractivity contribution in [3.8, 4) is 11.4 Å². The van der Waals surface area contributed by atoms with Crippen molar-refractivity contribution < 1.29 is 0 Å². The van der Waals surface area contributed by atoms with Gasteiger partial charge in [-0.3, -0.25) is 4.98 Å². The first-order valence-electron chi connectivity index (χ1n) is 7.70.